The number of hydrogen-bond donors (Lipinski definition) is 2. The van der Waals surface area contributed by atoms with Crippen molar-refractivity contribution in [2.45, 2.75) is 13.8 Å². The van der Waals surface area contributed by atoms with E-state index in [4.69, 9.17) is 9.15 Å². The molecule has 0 fully saturated rings. The van der Waals surface area contributed by atoms with Crippen LogP contribution in [0.1, 0.15) is 39.0 Å². The van der Waals surface area contributed by atoms with E-state index >= 15 is 0 Å². The summed E-state index contributed by atoms with van der Waals surface area (Å²) in [5.41, 5.74) is 5.16. The summed E-state index contributed by atoms with van der Waals surface area (Å²) < 4.78 is 12.5. The Bertz CT molecular complexity index is 1030. The van der Waals surface area contributed by atoms with E-state index in [0.29, 0.717) is 17.9 Å². The van der Waals surface area contributed by atoms with Gasteiger partial charge in [0, 0.05) is 18.0 Å². The highest BCUT2D eigenvalue weighted by molar-refractivity contribution is 6.01. The summed E-state index contributed by atoms with van der Waals surface area (Å²) in [6.07, 6.45) is 3.41. The average Bonchev–Trinajstić information content (AvgIpc) is 3.34. The minimum atomic E-state index is -0.643. The largest absolute Gasteiger partial charge is 0.494 e. The van der Waals surface area contributed by atoms with Crippen LogP contribution in [0.25, 0.3) is 5.88 Å². The molecule has 0 saturated heterocycles. The molecule has 0 atom stereocenters. The molecule has 0 radical (unpaired) electrons. The summed E-state index contributed by atoms with van der Waals surface area (Å²) in [5, 5.41) is 9.48. The van der Waals surface area contributed by atoms with Gasteiger partial charge < -0.3 is 9.15 Å². The predicted octanol–water partition coefficient (Wildman–Crippen LogP) is 2.72. The van der Waals surface area contributed by atoms with Crippen LogP contribution >= 0.6 is 0 Å². The van der Waals surface area contributed by atoms with Crippen molar-refractivity contribution >= 4 is 11.8 Å². The normalized spacial score (nSPS) is 10.2. The van der Waals surface area contributed by atoms with Crippen molar-refractivity contribution in [1.29, 1.82) is 5.26 Å². The van der Waals surface area contributed by atoms with E-state index in [-0.39, 0.29) is 22.8 Å². The van der Waals surface area contributed by atoms with Crippen LogP contribution < -0.4 is 15.6 Å². The molecule has 8 nitrogen and oxygen atoms in total. The molecule has 2 heterocycles. The molecule has 0 saturated carbocycles. The first-order chi connectivity index (χ1) is 13.5. The minimum absolute atomic E-state index is 0.0678. The smallest absolute Gasteiger partial charge is 0.274 e. The van der Waals surface area contributed by atoms with Gasteiger partial charge in [0.05, 0.1) is 6.61 Å². The maximum Gasteiger partial charge on any atom is 0.274 e. The van der Waals surface area contributed by atoms with E-state index in [2.05, 4.69) is 10.9 Å². The molecule has 3 rings (SSSR count). The molecule has 2 aromatic heterocycles. The topological polar surface area (TPSA) is 109 Å². The molecular formula is C20H18N4O4. The van der Waals surface area contributed by atoms with Gasteiger partial charge in [-0.2, -0.15) is 5.26 Å². The zero-order chi connectivity index (χ0) is 20.1. The number of amides is 2. The number of aryl methyl sites for hydroxylation is 1. The van der Waals surface area contributed by atoms with Crippen molar-refractivity contribution in [3.05, 3.63) is 71.2 Å². The fraction of sp³-hybridized carbons (Fsp3) is 0.150. The van der Waals surface area contributed by atoms with Gasteiger partial charge in [-0.25, -0.2) is 0 Å². The number of hydrogen-bond acceptors (Lipinski definition) is 5. The lowest BCUT2D eigenvalue weighted by Crippen LogP contribution is -2.42. The molecule has 142 valence electrons. The van der Waals surface area contributed by atoms with Gasteiger partial charge in [-0.1, -0.05) is 0 Å². The van der Waals surface area contributed by atoms with Crippen molar-refractivity contribution in [3.63, 3.8) is 0 Å². The number of carbonyl (C=O) groups excluding carboxylic acids is 2. The van der Waals surface area contributed by atoms with Crippen LogP contribution in [0.2, 0.25) is 0 Å². The van der Waals surface area contributed by atoms with Gasteiger partial charge in [0.1, 0.15) is 28.7 Å². The highest BCUT2D eigenvalue weighted by Crippen LogP contribution is 2.25. The summed E-state index contributed by atoms with van der Waals surface area (Å²) in [6.45, 7) is 3.97. The van der Waals surface area contributed by atoms with Crippen LogP contribution in [0.3, 0.4) is 0 Å². The molecule has 3 aromatic rings. The first-order valence-corrected chi connectivity index (χ1v) is 8.55. The molecule has 0 bridgehead atoms. The van der Waals surface area contributed by atoms with Crippen molar-refractivity contribution in [2.24, 2.45) is 0 Å². The second-order valence-electron chi connectivity index (χ2n) is 5.78. The number of furan rings is 1. The Kier molecular flexibility index (Phi) is 5.46. The van der Waals surface area contributed by atoms with Crippen LogP contribution in [0.15, 0.2) is 53.2 Å². The van der Waals surface area contributed by atoms with E-state index in [1.54, 1.807) is 60.3 Å². The van der Waals surface area contributed by atoms with Crippen LogP contribution in [-0.2, 0) is 0 Å². The summed E-state index contributed by atoms with van der Waals surface area (Å²) in [7, 11) is 0. The lowest BCUT2D eigenvalue weighted by Gasteiger charge is -2.08. The zero-order valence-corrected chi connectivity index (χ0v) is 15.4. The Morgan fingerprint density at radius 1 is 1.14 bits per heavy atom. The fourth-order valence-electron chi connectivity index (χ4n) is 2.68. The maximum absolute atomic E-state index is 12.5. The molecule has 0 aliphatic heterocycles. The second kappa shape index (κ2) is 8.14. The van der Waals surface area contributed by atoms with Crippen molar-refractivity contribution in [1.82, 2.24) is 15.4 Å². The van der Waals surface area contributed by atoms with Gasteiger partial charge in [-0.15, -0.1) is 0 Å². The highest BCUT2D eigenvalue weighted by atomic mass is 16.5. The van der Waals surface area contributed by atoms with Crippen LogP contribution in [-0.4, -0.2) is 23.0 Å². The Labute approximate surface area is 161 Å². The van der Waals surface area contributed by atoms with Gasteiger partial charge in [0.15, 0.2) is 0 Å². The standard InChI is InChI=1S/C20H18N4O4/c1-3-27-15-8-6-14(7-9-15)18(25)22-23-19(26)17-13(2)28-20(16(17)12-21)24-10-4-5-11-24/h4-11H,3H2,1-2H3,(H,22,25)(H,23,26). The number of benzene rings is 1. The third-order valence-electron chi connectivity index (χ3n) is 3.96. The number of nitriles is 1. The van der Waals surface area contributed by atoms with Crippen molar-refractivity contribution in [3.8, 4) is 17.7 Å². The monoisotopic (exact) mass is 378 g/mol. The molecule has 8 heteroatoms. The number of hydrazine groups is 1. The molecule has 28 heavy (non-hydrogen) atoms. The van der Waals surface area contributed by atoms with Gasteiger partial charge in [-0.05, 0) is 50.2 Å². The van der Waals surface area contributed by atoms with Crippen molar-refractivity contribution < 1.29 is 18.7 Å². The van der Waals surface area contributed by atoms with Gasteiger partial charge >= 0.3 is 0 Å². The van der Waals surface area contributed by atoms with Gasteiger partial charge in [-0.3, -0.25) is 25.0 Å². The molecular weight excluding hydrogens is 360 g/mol. The third kappa shape index (κ3) is 3.73. The Morgan fingerprint density at radius 3 is 2.39 bits per heavy atom. The van der Waals surface area contributed by atoms with Crippen LogP contribution in [0.5, 0.6) is 5.75 Å². The van der Waals surface area contributed by atoms with Gasteiger partial charge in [0.25, 0.3) is 11.8 Å². The molecule has 0 aliphatic rings. The van der Waals surface area contributed by atoms with Crippen LogP contribution in [0, 0.1) is 18.3 Å². The first kappa shape index (κ1) is 18.8. The quantitative estimate of drug-likeness (QED) is 0.664. The summed E-state index contributed by atoms with van der Waals surface area (Å²) in [5.74, 6) is 0.0200. The van der Waals surface area contributed by atoms with E-state index in [1.165, 1.54) is 0 Å². The van der Waals surface area contributed by atoms with Crippen LogP contribution in [0.4, 0.5) is 0 Å². The molecule has 0 aliphatic carbocycles. The lowest BCUT2D eigenvalue weighted by atomic mass is 10.1. The minimum Gasteiger partial charge on any atom is -0.494 e. The second-order valence-corrected chi connectivity index (χ2v) is 5.78. The summed E-state index contributed by atoms with van der Waals surface area (Å²) in [6, 6.07) is 12.0. The van der Waals surface area contributed by atoms with E-state index in [1.807, 2.05) is 13.0 Å². The molecule has 0 unspecified atom stereocenters. The molecule has 0 spiro atoms. The first-order valence-electron chi connectivity index (χ1n) is 8.55. The molecule has 2 N–H and O–H groups in total. The summed E-state index contributed by atoms with van der Waals surface area (Å²) >= 11 is 0. The van der Waals surface area contributed by atoms with E-state index < -0.39 is 11.8 Å². The Balaban J connectivity index is 1.73. The number of nitrogens with one attached hydrogen (secondary N) is 2. The Hall–Kier alpha value is -3.99. The number of carbonyl (C=O) groups is 2. The number of nitrogens with zero attached hydrogens (tertiary/aromatic N) is 2. The Morgan fingerprint density at radius 2 is 1.79 bits per heavy atom. The third-order valence-corrected chi connectivity index (χ3v) is 3.96. The van der Waals surface area contributed by atoms with Gasteiger partial charge in [0.2, 0.25) is 5.88 Å². The predicted molar refractivity (Wildman–Crippen MR) is 100 cm³/mol. The fourth-order valence-corrected chi connectivity index (χ4v) is 2.68. The lowest BCUT2D eigenvalue weighted by molar-refractivity contribution is 0.0845. The highest BCUT2D eigenvalue weighted by Gasteiger charge is 2.24. The zero-order valence-electron chi connectivity index (χ0n) is 15.4. The SMILES string of the molecule is CCOc1ccc(C(=O)NNC(=O)c2c(C)oc(-n3cccc3)c2C#N)cc1. The summed E-state index contributed by atoms with van der Waals surface area (Å²) in [4.78, 5) is 24.8. The molecule has 2 amide bonds. The van der Waals surface area contributed by atoms with E-state index in [9.17, 15) is 14.9 Å². The molecule has 1 aromatic carbocycles. The van der Waals surface area contributed by atoms with Crippen molar-refractivity contribution in [2.75, 3.05) is 6.61 Å². The maximum atomic E-state index is 12.5. The average molecular weight is 378 g/mol. The number of ether oxygens (including phenoxy) is 1. The van der Waals surface area contributed by atoms with E-state index in [0.717, 1.165) is 0 Å². The number of aromatic nitrogens is 1. The number of rotatable bonds is 5.